The molecule has 0 aliphatic carbocycles. The van der Waals surface area contributed by atoms with Gasteiger partial charge in [-0.15, -0.1) is 0 Å². The van der Waals surface area contributed by atoms with Gasteiger partial charge in [0.15, 0.2) is 0 Å². The fraction of sp³-hybridized carbons (Fsp3) is 0. The number of carbonyl (C=O) groups is 2. The Morgan fingerprint density at radius 3 is 2.58 bits per heavy atom. The lowest BCUT2D eigenvalue weighted by molar-refractivity contribution is -0.113. The van der Waals surface area contributed by atoms with Crippen molar-refractivity contribution in [2.75, 3.05) is 10.6 Å². The SMILES string of the molecule is C=CC(N)=O.N#Cc1cnc2ccc(NC(=O)/C=C\Cl)cc2c1Nc1cccc(Br)c1. The van der Waals surface area contributed by atoms with Gasteiger partial charge in [0, 0.05) is 39.0 Å². The lowest BCUT2D eigenvalue weighted by Gasteiger charge is -2.13. The Bertz CT molecular complexity index is 1200. The summed E-state index contributed by atoms with van der Waals surface area (Å²) in [4.78, 5) is 25.5. The van der Waals surface area contributed by atoms with Crippen LogP contribution in [0.4, 0.5) is 17.1 Å². The Morgan fingerprint density at radius 1 is 1.23 bits per heavy atom. The third-order valence-electron chi connectivity index (χ3n) is 3.77. The molecule has 2 aromatic carbocycles. The molecule has 156 valence electrons. The zero-order valence-electron chi connectivity index (χ0n) is 16.1. The van der Waals surface area contributed by atoms with Crippen molar-refractivity contribution in [1.82, 2.24) is 4.98 Å². The predicted octanol–water partition coefficient (Wildman–Crippen LogP) is 4.96. The van der Waals surface area contributed by atoms with Gasteiger partial charge in [0.2, 0.25) is 11.8 Å². The first kappa shape index (κ1) is 23.6. The smallest absolute Gasteiger partial charge is 0.249 e. The van der Waals surface area contributed by atoms with E-state index in [0.717, 1.165) is 27.2 Å². The molecule has 4 N–H and O–H groups in total. The average molecular weight is 499 g/mol. The number of primary amides is 1. The monoisotopic (exact) mass is 497 g/mol. The largest absolute Gasteiger partial charge is 0.366 e. The first-order chi connectivity index (χ1) is 14.9. The maximum absolute atomic E-state index is 11.7. The Labute approximate surface area is 192 Å². The van der Waals surface area contributed by atoms with Crippen molar-refractivity contribution in [3.8, 4) is 6.07 Å². The first-order valence-corrected chi connectivity index (χ1v) is 9.96. The highest BCUT2D eigenvalue weighted by molar-refractivity contribution is 9.10. The van der Waals surface area contributed by atoms with Crippen LogP contribution < -0.4 is 16.4 Å². The number of anilines is 3. The maximum atomic E-state index is 11.7. The number of nitrogens with zero attached hydrogens (tertiary/aromatic N) is 2. The molecule has 0 spiro atoms. The van der Waals surface area contributed by atoms with Crippen molar-refractivity contribution < 1.29 is 9.59 Å². The van der Waals surface area contributed by atoms with Gasteiger partial charge in [0.25, 0.3) is 0 Å². The highest BCUT2D eigenvalue weighted by Gasteiger charge is 2.11. The summed E-state index contributed by atoms with van der Waals surface area (Å²) < 4.78 is 0.917. The van der Waals surface area contributed by atoms with Crippen LogP contribution in [0.3, 0.4) is 0 Å². The summed E-state index contributed by atoms with van der Waals surface area (Å²) in [6.45, 7) is 3.09. The molecule has 0 aliphatic heterocycles. The molecule has 0 atom stereocenters. The van der Waals surface area contributed by atoms with E-state index in [1.165, 1.54) is 12.3 Å². The van der Waals surface area contributed by atoms with Crippen LogP contribution in [0.25, 0.3) is 10.9 Å². The van der Waals surface area contributed by atoms with E-state index < -0.39 is 5.91 Å². The fourth-order valence-electron chi connectivity index (χ4n) is 2.44. The molecule has 31 heavy (non-hydrogen) atoms. The van der Waals surface area contributed by atoms with E-state index >= 15 is 0 Å². The summed E-state index contributed by atoms with van der Waals surface area (Å²) in [5.41, 5.74) is 8.81. The average Bonchev–Trinajstić information content (AvgIpc) is 2.74. The van der Waals surface area contributed by atoms with Gasteiger partial charge in [-0.2, -0.15) is 5.26 Å². The number of nitriles is 1. The number of benzene rings is 2. The number of aromatic nitrogens is 1. The Morgan fingerprint density at radius 2 is 1.97 bits per heavy atom. The van der Waals surface area contributed by atoms with Gasteiger partial charge < -0.3 is 16.4 Å². The van der Waals surface area contributed by atoms with Crippen molar-refractivity contribution in [3.05, 3.63) is 83.0 Å². The highest BCUT2D eigenvalue weighted by atomic mass is 79.9. The number of hydrogen-bond donors (Lipinski definition) is 3. The molecule has 0 radical (unpaired) electrons. The highest BCUT2D eigenvalue weighted by Crippen LogP contribution is 2.31. The molecule has 0 bridgehead atoms. The van der Waals surface area contributed by atoms with Crippen LogP contribution in [0.2, 0.25) is 0 Å². The number of carbonyl (C=O) groups excluding carboxylic acids is 2. The maximum Gasteiger partial charge on any atom is 0.249 e. The van der Waals surface area contributed by atoms with Crippen LogP contribution in [0.15, 0.2) is 77.4 Å². The molecule has 0 saturated heterocycles. The van der Waals surface area contributed by atoms with Gasteiger partial charge in [-0.3, -0.25) is 14.6 Å². The van der Waals surface area contributed by atoms with Crippen LogP contribution in [-0.2, 0) is 9.59 Å². The van der Waals surface area contributed by atoms with E-state index in [0.29, 0.717) is 22.5 Å². The van der Waals surface area contributed by atoms with Gasteiger partial charge in [0.05, 0.1) is 16.8 Å². The summed E-state index contributed by atoms with van der Waals surface area (Å²) in [5.74, 6) is -0.824. The summed E-state index contributed by atoms with van der Waals surface area (Å²) in [5, 5.41) is 16.2. The van der Waals surface area contributed by atoms with Gasteiger partial charge in [-0.05, 0) is 42.5 Å². The number of halogens is 2. The van der Waals surface area contributed by atoms with Gasteiger partial charge in [-0.25, -0.2) is 0 Å². The molecule has 9 heteroatoms. The summed E-state index contributed by atoms with van der Waals surface area (Å²) >= 11 is 8.86. The number of amides is 2. The van der Waals surface area contributed by atoms with Gasteiger partial charge >= 0.3 is 0 Å². The second kappa shape index (κ2) is 11.5. The van der Waals surface area contributed by atoms with Crippen LogP contribution in [0, 0.1) is 11.3 Å². The Kier molecular flexibility index (Phi) is 8.76. The summed E-state index contributed by atoms with van der Waals surface area (Å²) in [7, 11) is 0. The standard InChI is InChI=1S/C19H12BrClN4O.C3H5NO/c20-13-2-1-3-14(8-13)25-19-12(10-22)11-23-17-5-4-15(9-16(17)19)24-18(26)6-7-21;1-2-3(4)5/h1-9,11H,(H,23,25)(H,24,26);2H,1H2,(H2,4,5)/b7-6-;. The fourth-order valence-corrected chi connectivity index (χ4v) is 2.96. The van der Waals surface area contributed by atoms with E-state index in [2.05, 4.69) is 49.9 Å². The van der Waals surface area contributed by atoms with Crippen molar-refractivity contribution in [2.45, 2.75) is 0 Å². The normalized spacial score (nSPS) is 9.97. The minimum absolute atomic E-state index is 0.342. The van der Waals surface area contributed by atoms with Crippen molar-refractivity contribution >= 4 is 67.3 Å². The van der Waals surface area contributed by atoms with Gasteiger partial charge in [0.1, 0.15) is 6.07 Å². The van der Waals surface area contributed by atoms with Crippen molar-refractivity contribution in [1.29, 1.82) is 5.26 Å². The molecule has 0 fully saturated rings. The Hall–Kier alpha value is -3.67. The zero-order chi connectivity index (χ0) is 22.8. The molecular weight excluding hydrogens is 482 g/mol. The number of nitrogens with one attached hydrogen (secondary N) is 2. The second-order valence-corrected chi connectivity index (χ2v) is 7.08. The quantitative estimate of drug-likeness (QED) is 0.429. The molecule has 3 rings (SSSR count). The minimum Gasteiger partial charge on any atom is -0.366 e. The molecule has 7 nitrogen and oxygen atoms in total. The van der Waals surface area contributed by atoms with Gasteiger partial charge in [-0.1, -0.05) is 40.2 Å². The minimum atomic E-state index is -0.481. The van der Waals surface area contributed by atoms with Crippen LogP contribution in [0.5, 0.6) is 0 Å². The summed E-state index contributed by atoms with van der Waals surface area (Å²) in [6.07, 6.45) is 3.80. The third-order valence-corrected chi connectivity index (χ3v) is 4.38. The lowest BCUT2D eigenvalue weighted by Crippen LogP contribution is -2.07. The van der Waals surface area contributed by atoms with E-state index in [9.17, 15) is 14.9 Å². The molecule has 2 amide bonds. The predicted molar refractivity (Wildman–Crippen MR) is 127 cm³/mol. The van der Waals surface area contributed by atoms with Crippen molar-refractivity contribution in [2.24, 2.45) is 5.73 Å². The number of pyridine rings is 1. The van der Waals surface area contributed by atoms with Crippen LogP contribution in [0.1, 0.15) is 5.56 Å². The summed E-state index contributed by atoms with van der Waals surface area (Å²) in [6, 6.07) is 15.1. The molecule has 0 aliphatic rings. The van der Waals surface area contributed by atoms with E-state index in [4.69, 9.17) is 11.6 Å². The third kappa shape index (κ3) is 6.96. The number of hydrogen-bond acceptors (Lipinski definition) is 5. The molecule has 1 heterocycles. The number of fused-ring (bicyclic) bond motifs is 1. The van der Waals surface area contributed by atoms with E-state index in [1.54, 1.807) is 18.2 Å². The van der Waals surface area contributed by atoms with E-state index in [-0.39, 0.29) is 5.91 Å². The van der Waals surface area contributed by atoms with Crippen LogP contribution in [-0.4, -0.2) is 16.8 Å². The molecular formula is C22H17BrClN5O2. The molecule has 1 aromatic heterocycles. The zero-order valence-corrected chi connectivity index (χ0v) is 18.4. The molecule has 0 saturated carbocycles. The molecule has 0 unspecified atom stereocenters. The lowest BCUT2D eigenvalue weighted by atomic mass is 10.1. The Balaban J connectivity index is 0.000000614. The van der Waals surface area contributed by atoms with Crippen LogP contribution >= 0.6 is 27.5 Å². The number of nitrogens with two attached hydrogens (primary N) is 1. The molecule has 3 aromatic rings. The number of rotatable bonds is 5. The van der Waals surface area contributed by atoms with Crippen molar-refractivity contribution in [3.63, 3.8) is 0 Å². The topological polar surface area (TPSA) is 121 Å². The second-order valence-electron chi connectivity index (χ2n) is 5.91. The van der Waals surface area contributed by atoms with E-state index in [1.807, 2.05) is 24.3 Å². The first-order valence-electron chi connectivity index (χ1n) is 8.73.